The highest BCUT2D eigenvalue weighted by Gasteiger charge is 2.09. The second-order valence-corrected chi connectivity index (χ2v) is 3.09. The number of nitrogens with zero attached hydrogens (tertiary/aromatic N) is 3. The molecule has 0 fully saturated rings. The molecule has 0 amide bonds. The van der Waals surface area contributed by atoms with Crippen LogP contribution in [0, 0.1) is 0 Å². The molecule has 0 unspecified atom stereocenters. The van der Waals surface area contributed by atoms with Gasteiger partial charge in [-0.15, -0.1) is 0 Å². The van der Waals surface area contributed by atoms with Gasteiger partial charge in [0, 0.05) is 5.39 Å². The van der Waals surface area contributed by atoms with Crippen molar-refractivity contribution in [1.29, 1.82) is 0 Å². The van der Waals surface area contributed by atoms with Crippen LogP contribution < -0.4 is 0 Å². The van der Waals surface area contributed by atoms with Crippen molar-refractivity contribution in [2.75, 3.05) is 0 Å². The first-order valence-corrected chi connectivity index (χ1v) is 4.41. The van der Waals surface area contributed by atoms with E-state index in [0.717, 1.165) is 4.68 Å². The maximum absolute atomic E-state index is 12.2. The molecule has 0 aliphatic rings. The molecule has 80 valence electrons. The maximum Gasteiger partial charge on any atom is 0.258 e. The van der Waals surface area contributed by atoms with E-state index in [1.165, 1.54) is 6.20 Å². The molecule has 0 aromatic carbocycles. The molecule has 15 heavy (non-hydrogen) atoms. The summed E-state index contributed by atoms with van der Waals surface area (Å²) >= 11 is 0. The Morgan fingerprint density at radius 1 is 1.40 bits per heavy atom. The van der Waals surface area contributed by atoms with Gasteiger partial charge in [-0.3, -0.25) is 0 Å². The molecular formula is C9H9F2N3O. The topological polar surface area (TPSA) is 50.9 Å². The number of rotatable bonds is 3. The van der Waals surface area contributed by atoms with Gasteiger partial charge in [-0.1, -0.05) is 0 Å². The lowest BCUT2D eigenvalue weighted by Gasteiger charge is -2.02. The lowest BCUT2D eigenvalue weighted by atomic mass is 10.3. The third-order valence-electron chi connectivity index (χ3n) is 2.02. The Kier molecular flexibility index (Phi) is 2.59. The molecule has 0 spiro atoms. The Bertz CT molecular complexity index is 469. The fourth-order valence-corrected chi connectivity index (χ4v) is 1.34. The zero-order chi connectivity index (χ0) is 10.8. The van der Waals surface area contributed by atoms with Crippen LogP contribution in [-0.4, -0.2) is 26.3 Å². The minimum Gasteiger partial charge on any atom is -0.390 e. The molecule has 0 radical (unpaired) electrons. The molecule has 2 rings (SSSR count). The van der Waals surface area contributed by atoms with Crippen LogP contribution in [0.2, 0.25) is 0 Å². The first-order valence-electron chi connectivity index (χ1n) is 4.41. The SMILES string of the molecule is OCc1ccc2cnn(CC(F)F)c2n1. The molecular weight excluding hydrogens is 204 g/mol. The van der Waals surface area contributed by atoms with Gasteiger partial charge >= 0.3 is 0 Å². The van der Waals surface area contributed by atoms with Crippen molar-refractivity contribution in [3.8, 4) is 0 Å². The van der Waals surface area contributed by atoms with E-state index in [1.54, 1.807) is 12.1 Å². The number of aliphatic hydroxyl groups is 1. The Morgan fingerprint density at radius 2 is 2.20 bits per heavy atom. The van der Waals surface area contributed by atoms with Gasteiger partial charge in [0.2, 0.25) is 0 Å². The van der Waals surface area contributed by atoms with Crippen molar-refractivity contribution >= 4 is 11.0 Å². The predicted octanol–water partition coefficient (Wildman–Crippen LogP) is 1.19. The summed E-state index contributed by atoms with van der Waals surface area (Å²) in [5, 5.41) is 13.4. The van der Waals surface area contributed by atoms with E-state index in [9.17, 15) is 8.78 Å². The van der Waals surface area contributed by atoms with E-state index in [-0.39, 0.29) is 6.61 Å². The highest BCUT2D eigenvalue weighted by molar-refractivity contribution is 5.74. The van der Waals surface area contributed by atoms with E-state index in [0.29, 0.717) is 16.7 Å². The molecule has 2 aromatic rings. The Labute approximate surface area is 84.2 Å². The van der Waals surface area contributed by atoms with Crippen molar-refractivity contribution in [2.45, 2.75) is 19.6 Å². The van der Waals surface area contributed by atoms with E-state index in [4.69, 9.17) is 5.11 Å². The second kappa shape index (κ2) is 3.90. The van der Waals surface area contributed by atoms with Gasteiger partial charge in [0.1, 0.15) is 6.54 Å². The molecule has 0 saturated heterocycles. The Hall–Kier alpha value is -1.56. The van der Waals surface area contributed by atoms with Crippen LogP contribution in [0.5, 0.6) is 0 Å². The van der Waals surface area contributed by atoms with E-state index < -0.39 is 13.0 Å². The zero-order valence-electron chi connectivity index (χ0n) is 7.77. The highest BCUT2D eigenvalue weighted by atomic mass is 19.3. The Balaban J connectivity index is 2.46. The first kappa shape index (κ1) is 9.97. The van der Waals surface area contributed by atoms with Gasteiger partial charge < -0.3 is 5.11 Å². The predicted molar refractivity (Wildman–Crippen MR) is 49.5 cm³/mol. The summed E-state index contributed by atoms with van der Waals surface area (Å²) in [6, 6.07) is 3.33. The minimum absolute atomic E-state index is 0.213. The van der Waals surface area contributed by atoms with Crippen molar-refractivity contribution in [3.05, 3.63) is 24.0 Å². The van der Waals surface area contributed by atoms with Gasteiger partial charge in [0.15, 0.2) is 5.65 Å². The highest BCUT2D eigenvalue weighted by Crippen LogP contribution is 2.13. The zero-order valence-corrected chi connectivity index (χ0v) is 7.77. The number of hydrogen-bond donors (Lipinski definition) is 1. The van der Waals surface area contributed by atoms with Crippen molar-refractivity contribution in [3.63, 3.8) is 0 Å². The summed E-state index contributed by atoms with van der Waals surface area (Å²) in [6.07, 6.45) is -0.987. The molecule has 2 aromatic heterocycles. The number of hydrogen-bond acceptors (Lipinski definition) is 3. The van der Waals surface area contributed by atoms with Crippen LogP contribution in [0.1, 0.15) is 5.69 Å². The summed E-state index contributed by atoms with van der Waals surface area (Å²) in [5.74, 6) is 0. The molecule has 6 heteroatoms. The van der Waals surface area contributed by atoms with Crippen molar-refractivity contribution in [2.24, 2.45) is 0 Å². The number of halogens is 2. The van der Waals surface area contributed by atoms with E-state index in [1.807, 2.05) is 0 Å². The molecule has 4 nitrogen and oxygen atoms in total. The number of aromatic nitrogens is 3. The molecule has 0 saturated carbocycles. The fraction of sp³-hybridized carbons (Fsp3) is 0.333. The molecule has 1 N–H and O–H groups in total. The largest absolute Gasteiger partial charge is 0.390 e. The summed E-state index contributed by atoms with van der Waals surface area (Å²) in [5.41, 5.74) is 0.820. The monoisotopic (exact) mass is 213 g/mol. The van der Waals surface area contributed by atoms with Gasteiger partial charge in [0.25, 0.3) is 6.43 Å². The third kappa shape index (κ3) is 1.94. The van der Waals surface area contributed by atoms with Crippen molar-refractivity contribution < 1.29 is 13.9 Å². The molecule has 2 heterocycles. The normalized spacial score (nSPS) is 11.5. The van der Waals surface area contributed by atoms with Crippen LogP contribution in [-0.2, 0) is 13.2 Å². The van der Waals surface area contributed by atoms with Gasteiger partial charge in [-0.25, -0.2) is 18.4 Å². The standard InChI is InChI=1S/C9H9F2N3O/c10-8(11)4-14-9-6(3-12-14)1-2-7(5-15)13-9/h1-3,8,15H,4-5H2. The smallest absolute Gasteiger partial charge is 0.258 e. The van der Waals surface area contributed by atoms with Gasteiger partial charge in [-0.2, -0.15) is 5.10 Å². The lowest BCUT2D eigenvalue weighted by Crippen LogP contribution is -2.08. The maximum atomic E-state index is 12.2. The number of fused-ring (bicyclic) bond motifs is 1. The fourth-order valence-electron chi connectivity index (χ4n) is 1.34. The Morgan fingerprint density at radius 3 is 2.87 bits per heavy atom. The molecule has 0 aliphatic carbocycles. The summed E-state index contributed by atoms with van der Waals surface area (Å²) in [4.78, 5) is 4.02. The van der Waals surface area contributed by atoms with Crippen LogP contribution in [0.3, 0.4) is 0 Å². The third-order valence-corrected chi connectivity index (χ3v) is 2.02. The average molecular weight is 213 g/mol. The first-order chi connectivity index (χ1) is 7.20. The van der Waals surface area contributed by atoms with E-state index >= 15 is 0 Å². The summed E-state index contributed by atoms with van der Waals surface area (Å²) in [7, 11) is 0. The summed E-state index contributed by atoms with van der Waals surface area (Å²) < 4.78 is 25.5. The lowest BCUT2D eigenvalue weighted by molar-refractivity contribution is 0.123. The number of alkyl halides is 2. The molecule has 0 aliphatic heterocycles. The van der Waals surface area contributed by atoms with Gasteiger partial charge in [0.05, 0.1) is 18.5 Å². The van der Waals surface area contributed by atoms with Crippen LogP contribution in [0.4, 0.5) is 8.78 Å². The van der Waals surface area contributed by atoms with Crippen LogP contribution >= 0.6 is 0 Å². The van der Waals surface area contributed by atoms with Crippen molar-refractivity contribution in [1.82, 2.24) is 14.8 Å². The second-order valence-electron chi connectivity index (χ2n) is 3.09. The number of pyridine rings is 1. The number of aliphatic hydroxyl groups excluding tert-OH is 1. The molecule has 0 atom stereocenters. The van der Waals surface area contributed by atoms with E-state index in [2.05, 4.69) is 10.1 Å². The quantitative estimate of drug-likeness (QED) is 0.833. The molecule has 0 bridgehead atoms. The van der Waals surface area contributed by atoms with Gasteiger partial charge in [-0.05, 0) is 12.1 Å². The summed E-state index contributed by atoms with van der Waals surface area (Å²) in [6.45, 7) is -0.693. The average Bonchev–Trinajstić information content (AvgIpc) is 2.60. The minimum atomic E-state index is -2.47. The van der Waals surface area contributed by atoms with Crippen LogP contribution in [0.15, 0.2) is 18.3 Å². The van der Waals surface area contributed by atoms with Crippen LogP contribution in [0.25, 0.3) is 11.0 Å².